The van der Waals surface area contributed by atoms with Gasteiger partial charge in [0.25, 0.3) is 0 Å². The molecule has 0 amide bonds. The lowest BCUT2D eigenvalue weighted by Gasteiger charge is -2.20. The molecule has 0 saturated heterocycles. The molecule has 2 heteroatoms. The normalized spacial score (nSPS) is 36.1. The molecular formula is C7H12ClN. The molecule has 0 aromatic rings. The monoisotopic (exact) mass is 145 g/mol. The third-order valence-corrected chi connectivity index (χ3v) is 2.32. The van der Waals surface area contributed by atoms with E-state index in [1.54, 1.807) is 0 Å². The van der Waals surface area contributed by atoms with Crippen molar-refractivity contribution in [1.29, 1.82) is 0 Å². The van der Waals surface area contributed by atoms with Crippen LogP contribution >= 0.6 is 11.6 Å². The molecule has 0 radical (unpaired) electrons. The van der Waals surface area contributed by atoms with E-state index in [1.165, 1.54) is 0 Å². The van der Waals surface area contributed by atoms with E-state index in [-0.39, 0.29) is 0 Å². The maximum atomic E-state index is 5.88. The first-order valence-corrected chi connectivity index (χ1v) is 3.86. The second-order valence-electron chi connectivity index (χ2n) is 2.59. The van der Waals surface area contributed by atoms with Gasteiger partial charge in [0.05, 0.1) is 0 Å². The number of hydrogen-bond donors (Lipinski definition) is 0. The van der Waals surface area contributed by atoms with Crippen molar-refractivity contribution < 1.29 is 0 Å². The van der Waals surface area contributed by atoms with E-state index in [0.29, 0.717) is 11.4 Å². The fraction of sp³-hybridized carbons (Fsp3) is 0.857. The first-order chi connectivity index (χ1) is 4.33. The van der Waals surface area contributed by atoms with Crippen molar-refractivity contribution in [1.82, 2.24) is 0 Å². The Hall–Kier alpha value is -0.0400. The molecular weight excluding hydrogens is 134 g/mol. The van der Waals surface area contributed by atoms with Gasteiger partial charge in [-0.05, 0) is 32.4 Å². The van der Waals surface area contributed by atoms with Crippen molar-refractivity contribution in [3.8, 4) is 0 Å². The molecule has 0 spiro atoms. The maximum absolute atomic E-state index is 5.88. The van der Waals surface area contributed by atoms with Crippen LogP contribution in [0.25, 0.3) is 0 Å². The van der Waals surface area contributed by atoms with Gasteiger partial charge >= 0.3 is 0 Å². The minimum Gasteiger partial charge on any atom is -0.298 e. The van der Waals surface area contributed by atoms with Crippen molar-refractivity contribution >= 4 is 18.3 Å². The number of halogens is 1. The zero-order valence-electron chi connectivity index (χ0n) is 5.52. The summed E-state index contributed by atoms with van der Waals surface area (Å²) in [6, 6.07) is 0.500. The Bertz CT molecular complexity index is 95.1. The summed E-state index contributed by atoms with van der Waals surface area (Å²) in [7, 11) is 0. The zero-order chi connectivity index (χ0) is 6.69. The molecule has 0 aliphatic heterocycles. The number of hydrogen-bond acceptors (Lipinski definition) is 1. The van der Waals surface area contributed by atoms with Gasteiger partial charge in [0, 0.05) is 11.4 Å². The van der Waals surface area contributed by atoms with E-state index in [9.17, 15) is 0 Å². The Morgan fingerprint density at radius 1 is 1.22 bits per heavy atom. The van der Waals surface area contributed by atoms with Crippen molar-refractivity contribution in [2.24, 2.45) is 4.99 Å². The molecule has 0 aromatic carbocycles. The van der Waals surface area contributed by atoms with Gasteiger partial charge in [-0.1, -0.05) is 0 Å². The van der Waals surface area contributed by atoms with Gasteiger partial charge < -0.3 is 0 Å². The van der Waals surface area contributed by atoms with Crippen LogP contribution in [0.5, 0.6) is 0 Å². The predicted octanol–water partition coefficient (Wildman–Crippen LogP) is 2.24. The highest BCUT2D eigenvalue weighted by atomic mass is 35.5. The molecule has 1 aliphatic carbocycles. The Balaban J connectivity index is 2.26. The molecule has 0 atom stereocenters. The molecule has 1 saturated carbocycles. The quantitative estimate of drug-likeness (QED) is 0.397. The number of nitrogens with zero attached hydrogens (tertiary/aromatic N) is 1. The van der Waals surface area contributed by atoms with E-state index in [1.807, 2.05) is 0 Å². The van der Waals surface area contributed by atoms with Crippen molar-refractivity contribution in [3.05, 3.63) is 0 Å². The number of rotatable bonds is 1. The van der Waals surface area contributed by atoms with Crippen molar-refractivity contribution in [2.45, 2.75) is 37.1 Å². The SMILES string of the molecule is C=NC1CCC(Cl)CC1. The van der Waals surface area contributed by atoms with E-state index in [4.69, 9.17) is 11.6 Å². The van der Waals surface area contributed by atoms with Gasteiger partial charge in [0.2, 0.25) is 0 Å². The Labute approximate surface area is 61.1 Å². The summed E-state index contributed by atoms with van der Waals surface area (Å²) in [5.74, 6) is 0. The fourth-order valence-corrected chi connectivity index (χ4v) is 1.47. The van der Waals surface area contributed by atoms with Crippen LogP contribution in [0.1, 0.15) is 25.7 Å². The second-order valence-corrected chi connectivity index (χ2v) is 3.21. The molecule has 0 aromatic heterocycles. The molecule has 0 N–H and O–H groups in total. The average molecular weight is 146 g/mol. The second kappa shape index (κ2) is 3.21. The summed E-state index contributed by atoms with van der Waals surface area (Å²) in [5, 5.41) is 0.406. The number of alkyl halides is 1. The summed E-state index contributed by atoms with van der Waals surface area (Å²) < 4.78 is 0. The summed E-state index contributed by atoms with van der Waals surface area (Å²) in [6.07, 6.45) is 4.51. The predicted molar refractivity (Wildman–Crippen MR) is 41.4 cm³/mol. The van der Waals surface area contributed by atoms with E-state index >= 15 is 0 Å². The van der Waals surface area contributed by atoms with Gasteiger partial charge in [0.15, 0.2) is 0 Å². The summed E-state index contributed by atoms with van der Waals surface area (Å²) >= 11 is 5.88. The highest BCUT2D eigenvalue weighted by molar-refractivity contribution is 6.20. The summed E-state index contributed by atoms with van der Waals surface area (Å²) in [5.41, 5.74) is 0. The highest BCUT2D eigenvalue weighted by Gasteiger charge is 2.17. The minimum atomic E-state index is 0.406. The smallest absolute Gasteiger partial charge is 0.0493 e. The van der Waals surface area contributed by atoms with E-state index in [0.717, 1.165) is 25.7 Å². The molecule has 0 bridgehead atoms. The molecule has 1 rings (SSSR count). The van der Waals surface area contributed by atoms with Crippen LogP contribution in [0, 0.1) is 0 Å². The topological polar surface area (TPSA) is 12.4 Å². The van der Waals surface area contributed by atoms with Gasteiger partial charge in [-0.3, -0.25) is 4.99 Å². The molecule has 1 nitrogen and oxygen atoms in total. The van der Waals surface area contributed by atoms with Crippen LogP contribution in [-0.2, 0) is 0 Å². The molecule has 52 valence electrons. The molecule has 0 unspecified atom stereocenters. The Morgan fingerprint density at radius 3 is 2.22 bits per heavy atom. The largest absolute Gasteiger partial charge is 0.298 e. The van der Waals surface area contributed by atoms with Crippen molar-refractivity contribution in [3.63, 3.8) is 0 Å². The average Bonchev–Trinajstić information content (AvgIpc) is 1.90. The molecule has 1 fully saturated rings. The van der Waals surface area contributed by atoms with Crippen molar-refractivity contribution in [2.75, 3.05) is 0 Å². The molecule has 1 aliphatic rings. The summed E-state index contributed by atoms with van der Waals surface area (Å²) in [6.45, 7) is 3.52. The Kier molecular flexibility index (Phi) is 2.52. The number of aliphatic imine (C=N–C) groups is 1. The lowest BCUT2D eigenvalue weighted by Crippen LogP contribution is -2.16. The van der Waals surface area contributed by atoms with Crippen LogP contribution in [0.3, 0.4) is 0 Å². The first-order valence-electron chi connectivity index (χ1n) is 3.43. The van der Waals surface area contributed by atoms with E-state index in [2.05, 4.69) is 11.7 Å². The van der Waals surface area contributed by atoms with Gasteiger partial charge in [-0.25, -0.2) is 0 Å². The van der Waals surface area contributed by atoms with Crippen LogP contribution < -0.4 is 0 Å². The van der Waals surface area contributed by atoms with Gasteiger partial charge in [-0.15, -0.1) is 11.6 Å². The first kappa shape index (κ1) is 7.07. The fourth-order valence-electron chi connectivity index (χ4n) is 1.22. The third-order valence-electron chi connectivity index (χ3n) is 1.88. The van der Waals surface area contributed by atoms with Crippen LogP contribution in [0.4, 0.5) is 0 Å². The maximum Gasteiger partial charge on any atom is 0.0493 e. The lowest BCUT2D eigenvalue weighted by atomic mass is 9.96. The van der Waals surface area contributed by atoms with Gasteiger partial charge in [-0.2, -0.15) is 0 Å². The van der Waals surface area contributed by atoms with Crippen LogP contribution in [0.15, 0.2) is 4.99 Å². The summed E-state index contributed by atoms with van der Waals surface area (Å²) in [4.78, 5) is 3.97. The van der Waals surface area contributed by atoms with Crippen LogP contribution in [-0.4, -0.2) is 18.1 Å². The highest BCUT2D eigenvalue weighted by Crippen LogP contribution is 2.24. The van der Waals surface area contributed by atoms with Gasteiger partial charge in [0.1, 0.15) is 0 Å². The third kappa shape index (κ3) is 1.98. The Morgan fingerprint density at radius 2 is 1.78 bits per heavy atom. The minimum absolute atomic E-state index is 0.406. The zero-order valence-corrected chi connectivity index (χ0v) is 6.27. The molecule has 9 heavy (non-hydrogen) atoms. The molecule has 0 heterocycles. The standard InChI is InChI=1S/C7H12ClN/c1-9-7-4-2-6(8)3-5-7/h6-7H,1-5H2. The lowest BCUT2D eigenvalue weighted by molar-refractivity contribution is 0.450. The van der Waals surface area contributed by atoms with E-state index < -0.39 is 0 Å². The van der Waals surface area contributed by atoms with Crippen LogP contribution in [0.2, 0.25) is 0 Å².